The van der Waals surface area contributed by atoms with Gasteiger partial charge in [-0.3, -0.25) is 4.79 Å². The molecule has 41 heavy (non-hydrogen) atoms. The van der Waals surface area contributed by atoms with Crippen molar-refractivity contribution < 1.29 is 31.1 Å². The van der Waals surface area contributed by atoms with Crippen molar-refractivity contribution in [1.82, 2.24) is 4.90 Å². The number of anilines is 2. The molecule has 0 spiro atoms. The number of carbonyl (C=O) groups is 1. The summed E-state index contributed by atoms with van der Waals surface area (Å²) >= 11 is 0. The third-order valence-corrected chi connectivity index (χ3v) is 7.34. The summed E-state index contributed by atoms with van der Waals surface area (Å²) in [5, 5.41) is 3.37. The highest BCUT2D eigenvalue weighted by atomic mass is 19.4. The molecule has 1 heterocycles. The van der Waals surface area contributed by atoms with Crippen LogP contribution in [0.3, 0.4) is 0 Å². The predicted octanol–water partition coefficient (Wildman–Crippen LogP) is 8.88. The van der Waals surface area contributed by atoms with E-state index in [1.165, 1.54) is 4.90 Å². The monoisotopic (exact) mass is 568 g/mol. The van der Waals surface area contributed by atoms with Gasteiger partial charge in [-0.2, -0.15) is 26.3 Å². The fourth-order valence-corrected chi connectivity index (χ4v) is 5.37. The molecule has 0 aliphatic carbocycles. The van der Waals surface area contributed by atoms with E-state index < -0.39 is 35.0 Å². The summed E-state index contributed by atoms with van der Waals surface area (Å²) in [6.07, 6.45) is -9.59. The molecule has 1 fully saturated rings. The van der Waals surface area contributed by atoms with Crippen LogP contribution in [-0.4, -0.2) is 23.9 Å². The Bertz CT molecular complexity index is 1470. The van der Waals surface area contributed by atoms with Crippen LogP contribution in [0.1, 0.15) is 50.9 Å². The molecule has 1 amide bonds. The minimum Gasteiger partial charge on any atom is -0.356 e. The summed E-state index contributed by atoms with van der Waals surface area (Å²) in [6.45, 7) is 0.322. The Kier molecular flexibility index (Phi) is 7.80. The quantitative estimate of drug-likeness (QED) is 0.244. The van der Waals surface area contributed by atoms with E-state index in [0.29, 0.717) is 18.6 Å². The van der Waals surface area contributed by atoms with Crippen LogP contribution in [0.5, 0.6) is 0 Å². The number of piperidine rings is 1. The molecule has 0 unspecified atom stereocenters. The van der Waals surface area contributed by atoms with Crippen molar-refractivity contribution in [3.05, 3.63) is 131 Å². The maximum absolute atomic E-state index is 13.4. The van der Waals surface area contributed by atoms with Gasteiger partial charge in [-0.05, 0) is 65.9 Å². The average Bonchev–Trinajstić information content (AvgIpc) is 2.96. The van der Waals surface area contributed by atoms with Crippen molar-refractivity contribution in [3.63, 3.8) is 0 Å². The van der Waals surface area contributed by atoms with Gasteiger partial charge >= 0.3 is 12.4 Å². The standard InChI is InChI=1S/C32H26F6N2O/c33-31(34,35)24-16-23(17-25(19-24)32(36,37)38)30(41)40-15-14-28(29(20-40)21-8-3-1-4-9-21)22-10-7-13-27(18-22)39-26-11-5-2-6-12-26/h1-13,16-19,28-29,39H,14-15,20H2/t28-,29+/m1/s1. The molecule has 0 aromatic heterocycles. The van der Waals surface area contributed by atoms with Gasteiger partial charge in [0, 0.05) is 35.9 Å². The number of benzene rings is 4. The van der Waals surface area contributed by atoms with Crippen LogP contribution in [0.15, 0.2) is 103 Å². The van der Waals surface area contributed by atoms with Gasteiger partial charge in [0.15, 0.2) is 0 Å². The Balaban J connectivity index is 1.45. The molecular formula is C32H26F6N2O. The SMILES string of the molecule is O=C(c1cc(C(F)(F)F)cc(C(F)(F)F)c1)N1CC[C@H](c2cccc(Nc3ccccc3)c2)[C@H](c2ccccc2)C1. The highest BCUT2D eigenvalue weighted by Gasteiger charge is 2.39. The van der Waals surface area contributed by atoms with Crippen LogP contribution < -0.4 is 5.32 Å². The highest BCUT2D eigenvalue weighted by molar-refractivity contribution is 5.95. The Hall–Kier alpha value is -4.27. The van der Waals surface area contributed by atoms with E-state index >= 15 is 0 Å². The second kappa shape index (κ2) is 11.3. The van der Waals surface area contributed by atoms with E-state index in [0.717, 1.165) is 22.5 Å². The number of carbonyl (C=O) groups excluding carboxylic acids is 1. The minimum absolute atomic E-state index is 0.0340. The van der Waals surface area contributed by atoms with Crippen molar-refractivity contribution in [3.8, 4) is 0 Å². The van der Waals surface area contributed by atoms with Gasteiger partial charge in [0.1, 0.15) is 0 Å². The number of hydrogen-bond acceptors (Lipinski definition) is 2. The Labute approximate surface area is 233 Å². The minimum atomic E-state index is -5.03. The third kappa shape index (κ3) is 6.56. The molecule has 9 heteroatoms. The van der Waals surface area contributed by atoms with E-state index in [-0.39, 0.29) is 31.0 Å². The zero-order valence-electron chi connectivity index (χ0n) is 21.7. The summed E-state index contributed by atoms with van der Waals surface area (Å²) in [5.41, 5.74) is 0.0979. The number of nitrogens with one attached hydrogen (secondary N) is 1. The Morgan fingerprint density at radius 1 is 0.659 bits per heavy atom. The van der Waals surface area contributed by atoms with Crippen molar-refractivity contribution in [2.24, 2.45) is 0 Å². The maximum Gasteiger partial charge on any atom is 0.416 e. The van der Waals surface area contributed by atoms with E-state index in [1.54, 1.807) is 0 Å². The molecule has 0 bridgehead atoms. The summed E-state index contributed by atoms with van der Waals surface area (Å²) in [7, 11) is 0. The molecule has 1 aliphatic heterocycles. The molecule has 1 N–H and O–H groups in total. The maximum atomic E-state index is 13.4. The number of amides is 1. The fraction of sp³-hybridized carbons (Fsp3) is 0.219. The number of nitrogens with zero attached hydrogens (tertiary/aromatic N) is 1. The largest absolute Gasteiger partial charge is 0.416 e. The molecule has 0 saturated carbocycles. The Morgan fingerprint density at radius 2 is 1.22 bits per heavy atom. The summed E-state index contributed by atoms with van der Waals surface area (Å²) in [4.78, 5) is 14.8. The summed E-state index contributed by atoms with van der Waals surface area (Å²) < 4.78 is 80.6. The molecule has 4 aromatic rings. The molecule has 1 aliphatic rings. The number of rotatable bonds is 5. The molecule has 3 nitrogen and oxygen atoms in total. The first kappa shape index (κ1) is 28.3. The lowest BCUT2D eigenvalue weighted by atomic mass is 9.76. The van der Waals surface area contributed by atoms with Crippen LogP contribution in [-0.2, 0) is 12.4 Å². The fourth-order valence-electron chi connectivity index (χ4n) is 5.37. The van der Waals surface area contributed by atoms with Crippen molar-refractivity contribution in [2.75, 3.05) is 18.4 Å². The van der Waals surface area contributed by atoms with Gasteiger partial charge in [-0.25, -0.2) is 0 Å². The lowest BCUT2D eigenvalue weighted by Crippen LogP contribution is -2.42. The van der Waals surface area contributed by atoms with Crippen molar-refractivity contribution in [2.45, 2.75) is 30.6 Å². The van der Waals surface area contributed by atoms with E-state index in [9.17, 15) is 31.1 Å². The highest BCUT2D eigenvalue weighted by Crippen LogP contribution is 2.42. The van der Waals surface area contributed by atoms with Crippen molar-refractivity contribution >= 4 is 17.3 Å². The number of hydrogen-bond donors (Lipinski definition) is 1. The first-order valence-corrected chi connectivity index (χ1v) is 13.0. The molecule has 0 radical (unpaired) electrons. The topological polar surface area (TPSA) is 32.3 Å². The van der Waals surface area contributed by atoms with Gasteiger partial charge in [0.05, 0.1) is 11.1 Å². The van der Waals surface area contributed by atoms with E-state index in [2.05, 4.69) is 5.32 Å². The van der Waals surface area contributed by atoms with Crippen LogP contribution in [0.4, 0.5) is 37.7 Å². The van der Waals surface area contributed by atoms with Gasteiger partial charge in [0.2, 0.25) is 0 Å². The van der Waals surface area contributed by atoms with Gasteiger partial charge in [-0.15, -0.1) is 0 Å². The van der Waals surface area contributed by atoms with Crippen LogP contribution in [0.2, 0.25) is 0 Å². The number of alkyl halides is 6. The Morgan fingerprint density at radius 3 is 1.83 bits per heavy atom. The zero-order valence-corrected chi connectivity index (χ0v) is 21.7. The van der Waals surface area contributed by atoms with E-state index in [4.69, 9.17) is 0 Å². The summed E-state index contributed by atoms with van der Waals surface area (Å²) in [6, 6.07) is 28.0. The molecule has 212 valence electrons. The van der Waals surface area contributed by atoms with E-state index in [1.807, 2.05) is 84.9 Å². The second-order valence-electron chi connectivity index (χ2n) is 10.1. The first-order valence-electron chi connectivity index (χ1n) is 13.0. The van der Waals surface area contributed by atoms with Crippen LogP contribution in [0.25, 0.3) is 0 Å². The second-order valence-corrected chi connectivity index (χ2v) is 10.1. The normalized spacial score (nSPS) is 17.8. The lowest BCUT2D eigenvalue weighted by Gasteiger charge is -2.39. The molecular weight excluding hydrogens is 542 g/mol. The van der Waals surface area contributed by atoms with Crippen LogP contribution >= 0.6 is 0 Å². The third-order valence-electron chi connectivity index (χ3n) is 7.34. The molecule has 1 saturated heterocycles. The van der Waals surface area contributed by atoms with Crippen molar-refractivity contribution in [1.29, 1.82) is 0 Å². The average molecular weight is 569 g/mol. The van der Waals surface area contributed by atoms with Gasteiger partial charge in [0.25, 0.3) is 5.91 Å². The number of para-hydroxylation sites is 1. The molecule has 2 atom stereocenters. The zero-order chi connectivity index (χ0) is 29.2. The summed E-state index contributed by atoms with van der Waals surface area (Å²) in [5.74, 6) is -1.12. The molecule has 4 aromatic carbocycles. The molecule has 5 rings (SSSR count). The van der Waals surface area contributed by atoms with Crippen LogP contribution in [0, 0.1) is 0 Å². The predicted molar refractivity (Wildman–Crippen MR) is 145 cm³/mol. The lowest BCUT2D eigenvalue weighted by molar-refractivity contribution is -0.143. The van der Waals surface area contributed by atoms with Gasteiger partial charge in [-0.1, -0.05) is 60.7 Å². The number of likely N-dealkylation sites (tertiary alicyclic amines) is 1. The smallest absolute Gasteiger partial charge is 0.356 e. The number of halogens is 6. The van der Waals surface area contributed by atoms with Gasteiger partial charge < -0.3 is 10.2 Å². The first-order chi connectivity index (χ1) is 19.5.